The number of fused-ring (bicyclic) bond motifs is 1. The zero-order valence-electron chi connectivity index (χ0n) is 16.5. The molecule has 6 nitrogen and oxygen atoms in total. The Hall–Kier alpha value is -3.25. The van der Waals surface area contributed by atoms with E-state index in [1.165, 1.54) is 0 Å². The number of anilines is 1. The highest BCUT2D eigenvalue weighted by Gasteiger charge is 2.28. The van der Waals surface area contributed by atoms with Crippen molar-refractivity contribution in [1.29, 1.82) is 0 Å². The van der Waals surface area contributed by atoms with Gasteiger partial charge in [0.2, 0.25) is 0 Å². The SMILES string of the molecule is C=CC.O=C(O)c1ccc2nc(-c3ccccc3)c(N3CCCC3CO)nc2c1. The highest BCUT2D eigenvalue weighted by Crippen LogP contribution is 2.34. The fourth-order valence-corrected chi connectivity index (χ4v) is 3.47. The zero-order valence-corrected chi connectivity index (χ0v) is 16.5. The number of rotatable bonds is 4. The van der Waals surface area contributed by atoms with E-state index in [4.69, 9.17) is 9.97 Å². The number of hydrogen-bond donors (Lipinski definition) is 2. The van der Waals surface area contributed by atoms with E-state index < -0.39 is 5.97 Å². The van der Waals surface area contributed by atoms with Crippen molar-refractivity contribution in [3.63, 3.8) is 0 Å². The van der Waals surface area contributed by atoms with Crippen LogP contribution in [0.25, 0.3) is 22.3 Å². The molecule has 0 radical (unpaired) electrons. The molecule has 0 saturated carbocycles. The van der Waals surface area contributed by atoms with E-state index in [2.05, 4.69) is 11.5 Å². The summed E-state index contributed by atoms with van der Waals surface area (Å²) in [5.41, 5.74) is 3.08. The van der Waals surface area contributed by atoms with Crippen LogP contribution in [0.2, 0.25) is 0 Å². The molecule has 2 N–H and O–H groups in total. The molecule has 1 aromatic heterocycles. The molecule has 1 unspecified atom stereocenters. The second-order valence-electron chi connectivity index (χ2n) is 6.85. The summed E-state index contributed by atoms with van der Waals surface area (Å²) in [5.74, 6) is -0.292. The Morgan fingerprint density at radius 1 is 1.21 bits per heavy atom. The Kier molecular flexibility index (Phi) is 6.57. The lowest BCUT2D eigenvalue weighted by atomic mass is 10.1. The number of aromatic nitrogens is 2. The van der Waals surface area contributed by atoms with Gasteiger partial charge in [0.15, 0.2) is 5.82 Å². The highest BCUT2D eigenvalue weighted by molar-refractivity contribution is 5.93. The standard InChI is InChI=1S/C20H19N3O3.C3H6/c24-12-15-7-4-10-23(15)19-18(13-5-2-1-3-6-13)21-16-9-8-14(20(25)26)11-17(16)22-19;1-3-2/h1-3,5-6,8-9,11,15,24H,4,7,10,12H2,(H,25,26);3H,1H2,2H3. The van der Waals surface area contributed by atoms with Crippen LogP contribution in [-0.4, -0.2) is 45.3 Å². The minimum Gasteiger partial charge on any atom is -0.478 e. The smallest absolute Gasteiger partial charge is 0.335 e. The minimum absolute atomic E-state index is 0.00636. The van der Waals surface area contributed by atoms with Crippen LogP contribution in [0.3, 0.4) is 0 Å². The van der Waals surface area contributed by atoms with Crippen LogP contribution in [-0.2, 0) is 0 Å². The van der Waals surface area contributed by atoms with Gasteiger partial charge in [-0.3, -0.25) is 0 Å². The van der Waals surface area contributed by atoms with Gasteiger partial charge in [-0.1, -0.05) is 36.4 Å². The average molecular weight is 391 g/mol. The molecular formula is C23H25N3O3. The number of allylic oxidation sites excluding steroid dienone is 1. The van der Waals surface area contributed by atoms with Gasteiger partial charge in [-0.05, 0) is 38.0 Å². The average Bonchev–Trinajstić information content (AvgIpc) is 3.22. The first-order valence-electron chi connectivity index (χ1n) is 9.64. The summed E-state index contributed by atoms with van der Waals surface area (Å²) < 4.78 is 0. The van der Waals surface area contributed by atoms with Gasteiger partial charge in [-0.25, -0.2) is 14.8 Å². The van der Waals surface area contributed by atoms with Crippen molar-refractivity contribution in [2.24, 2.45) is 0 Å². The van der Waals surface area contributed by atoms with Crippen molar-refractivity contribution in [1.82, 2.24) is 9.97 Å². The summed E-state index contributed by atoms with van der Waals surface area (Å²) in [7, 11) is 0. The van der Waals surface area contributed by atoms with Crippen molar-refractivity contribution >= 4 is 22.8 Å². The van der Waals surface area contributed by atoms with Crippen LogP contribution in [0, 0.1) is 0 Å². The summed E-state index contributed by atoms with van der Waals surface area (Å²) in [6.07, 6.45) is 3.63. The van der Waals surface area contributed by atoms with Crippen molar-refractivity contribution < 1.29 is 15.0 Å². The number of aliphatic hydroxyl groups is 1. The van der Waals surface area contributed by atoms with E-state index in [-0.39, 0.29) is 18.2 Å². The van der Waals surface area contributed by atoms with E-state index >= 15 is 0 Å². The Morgan fingerprint density at radius 2 is 1.93 bits per heavy atom. The van der Waals surface area contributed by atoms with E-state index in [1.54, 1.807) is 24.3 Å². The number of hydrogen-bond acceptors (Lipinski definition) is 5. The third-order valence-electron chi connectivity index (χ3n) is 4.80. The lowest BCUT2D eigenvalue weighted by Crippen LogP contribution is -2.33. The molecule has 29 heavy (non-hydrogen) atoms. The number of carbonyl (C=O) groups is 1. The third kappa shape index (κ3) is 4.43. The summed E-state index contributed by atoms with van der Waals surface area (Å²) in [6, 6.07) is 14.6. The molecule has 3 aromatic rings. The molecule has 1 fully saturated rings. The molecule has 2 heterocycles. The second kappa shape index (κ2) is 9.30. The van der Waals surface area contributed by atoms with Gasteiger partial charge in [0.1, 0.15) is 5.69 Å². The second-order valence-corrected chi connectivity index (χ2v) is 6.85. The van der Waals surface area contributed by atoms with Gasteiger partial charge < -0.3 is 15.1 Å². The van der Waals surface area contributed by atoms with Crippen molar-refractivity contribution in [3.8, 4) is 11.3 Å². The van der Waals surface area contributed by atoms with Gasteiger partial charge in [-0.15, -0.1) is 6.58 Å². The van der Waals surface area contributed by atoms with Crippen molar-refractivity contribution in [3.05, 3.63) is 66.7 Å². The molecule has 0 aliphatic carbocycles. The number of aliphatic hydroxyl groups excluding tert-OH is 1. The maximum absolute atomic E-state index is 11.3. The topological polar surface area (TPSA) is 86.5 Å². The van der Waals surface area contributed by atoms with Crippen LogP contribution in [0.4, 0.5) is 5.82 Å². The van der Waals surface area contributed by atoms with Crippen LogP contribution in [0.1, 0.15) is 30.1 Å². The molecular weight excluding hydrogens is 366 g/mol. The first kappa shape index (κ1) is 20.5. The minimum atomic E-state index is -0.989. The Balaban J connectivity index is 0.000000755. The number of benzene rings is 2. The highest BCUT2D eigenvalue weighted by atomic mass is 16.4. The Morgan fingerprint density at radius 3 is 2.59 bits per heavy atom. The van der Waals surface area contributed by atoms with E-state index in [0.29, 0.717) is 16.9 Å². The van der Waals surface area contributed by atoms with Gasteiger partial charge >= 0.3 is 5.97 Å². The van der Waals surface area contributed by atoms with Gasteiger partial charge in [0.25, 0.3) is 0 Å². The fraction of sp³-hybridized carbons (Fsp3) is 0.261. The fourth-order valence-electron chi connectivity index (χ4n) is 3.47. The van der Waals surface area contributed by atoms with Crippen molar-refractivity contribution in [2.75, 3.05) is 18.1 Å². The Labute approximate surface area is 170 Å². The summed E-state index contributed by atoms with van der Waals surface area (Å²) in [4.78, 5) is 22.9. The zero-order chi connectivity index (χ0) is 20.8. The molecule has 6 heteroatoms. The number of nitrogens with zero attached hydrogens (tertiary/aromatic N) is 3. The quantitative estimate of drug-likeness (QED) is 0.650. The molecule has 1 atom stereocenters. The molecule has 1 aliphatic rings. The molecule has 1 saturated heterocycles. The lowest BCUT2D eigenvalue weighted by Gasteiger charge is -2.26. The summed E-state index contributed by atoms with van der Waals surface area (Å²) in [5, 5.41) is 19.0. The Bertz CT molecular complexity index is 1000. The monoisotopic (exact) mass is 391 g/mol. The van der Waals surface area contributed by atoms with E-state index in [0.717, 1.165) is 30.6 Å². The predicted molar refractivity (Wildman–Crippen MR) is 115 cm³/mol. The molecule has 150 valence electrons. The molecule has 2 aromatic carbocycles. The van der Waals surface area contributed by atoms with Crippen LogP contribution >= 0.6 is 0 Å². The predicted octanol–water partition coefficient (Wildman–Crippen LogP) is 4.15. The normalized spacial score (nSPS) is 15.7. The largest absolute Gasteiger partial charge is 0.478 e. The van der Waals surface area contributed by atoms with Crippen LogP contribution < -0.4 is 4.90 Å². The molecule has 0 spiro atoms. The maximum atomic E-state index is 11.3. The summed E-state index contributed by atoms with van der Waals surface area (Å²) >= 11 is 0. The molecule has 0 amide bonds. The van der Waals surface area contributed by atoms with Gasteiger partial charge in [0.05, 0.1) is 29.2 Å². The first-order valence-corrected chi connectivity index (χ1v) is 9.64. The van der Waals surface area contributed by atoms with E-state index in [1.807, 2.05) is 37.3 Å². The maximum Gasteiger partial charge on any atom is 0.335 e. The molecule has 0 bridgehead atoms. The summed E-state index contributed by atoms with van der Waals surface area (Å²) in [6.45, 7) is 6.10. The van der Waals surface area contributed by atoms with Crippen molar-refractivity contribution in [2.45, 2.75) is 25.8 Å². The number of carboxylic acids is 1. The van der Waals surface area contributed by atoms with E-state index in [9.17, 15) is 15.0 Å². The lowest BCUT2D eigenvalue weighted by molar-refractivity contribution is 0.0697. The van der Waals surface area contributed by atoms with Gasteiger partial charge in [-0.2, -0.15) is 0 Å². The first-order chi connectivity index (χ1) is 14.1. The molecule has 1 aliphatic heterocycles. The number of aromatic carboxylic acids is 1. The van der Waals surface area contributed by atoms with Crippen LogP contribution in [0.15, 0.2) is 61.2 Å². The third-order valence-corrected chi connectivity index (χ3v) is 4.80. The number of carboxylic acid groups (broad SMARTS) is 1. The molecule has 4 rings (SSSR count). The van der Waals surface area contributed by atoms with Crippen LogP contribution in [0.5, 0.6) is 0 Å². The van der Waals surface area contributed by atoms with Gasteiger partial charge in [0, 0.05) is 12.1 Å².